The number of rotatable bonds is 16. The number of nitrogens with zero attached hydrogens (tertiary/aromatic N) is 4. The van der Waals surface area contributed by atoms with Crippen LogP contribution in [0.15, 0.2) is 42.5 Å². The van der Waals surface area contributed by atoms with Crippen LogP contribution in [-0.2, 0) is 33.3 Å². The molecule has 55 heavy (non-hydrogen) atoms. The van der Waals surface area contributed by atoms with Crippen molar-refractivity contribution in [2.75, 3.05) is 30.0 Å². The number of anilines is 1. The van der Waals surface area contributed by atoms with E-state index in [1.807, 2.05) is 0 Å². The third kappa shape index (κ3) is 11.4. The summed E-state index contributed by atoms with van der Waals surface area (Å²) in [6.45, 7) is 2.34. The van der Waals surface area contributed by atoms with Crippen LogP contribution in [0.5, 0.6) is 0 Å². The van der Waals surface area contributed by atoms with Gasteiger partial charge in [-0.1, -0.05) is 36.4 Å². The zero-order valence-corrected chi connectivity index (χ0v) is 32.8. The first-order valence-corrected chi connectivity index (χ1v) is 20.1. The first-order chi connectivity index (χ1) is 26.0. The van der Waals surface area contributed by atoms with Gasteiger partial charge < -0.3 is 15.8 Å². The molecule has 2 atom stereocenters. The van der Waals surface area contributed by atoms with Crippen molar-refractivity contribution in [3.05, 3.63) is 76.1 Å². The highest BCUT2D eigenvalue weighted by atomic mass is 35.5. The Hall–Kier alpha value is -4.24. The Kier molecular flexibility index (Phi) is 15.1. The molecular formula is C37H40ClF5N6O4S2. The lowest BCUT2D eigenvalue weighted by Crippen LogP contribution is -2.26. The Bertz CT molecular complexity index is 2080. The monoisotopic (exact) mass is 826 g/mol. The molecule has 0 bridgehead atoms. The number of hydrogen-bond donors (Lipinski definition) is 2. The zero-order valence-electron chi connectivity index (χ0n) is 30.4. The smallest absolute Gasteiger partial charge is 0.425 e. The van der Waals surface area contributed by atoms with Gasteiger partial charge in [-0.25, -0.2) is 18.6 Å². The first-order valence-electron chi connectivity index (χ1n) is 17.0. The third-order valence-corrected chi connectivity index (χ3v) is 10.9. The van der Waals surface area contributed by atoms with Crippen LogP contribution in [-0.4, -0.2) is 68.1 Å². The maximum Gasteiger partial charge on any atom is 0.425 e. The van der Waals surface area contributed by atoms with E-state index in [0.717, 1.165) is 47.6 Å². The Labute approximate surface area is 327 Å². The lowest BCUT2D eigenvalue weighted by Gasteiger charge is -2.21. The van der Waals surface area contributed by atoms with E-state index >= 15 is 0 Å². The lowest BCUT2D eigenvalue weighted by molar-refractivity contribution is -0.141. The van der Waals surface area contributed by atoms with Crippen LogP contribution in [0.2, 0.25) is 5.02 Å². The largest absolute Gasteiger partial charge is 0.449 e. The van der Waals surface area contributed by atoms with Crippen LogP contribution < -0.4 is 15.4 Å². The summed E-state index contributed by atoms with van der Waals surface area (Å²) in [5.74, 6) is 3.85. The van der Waals surface area contributed by atoms with Crippen molar-refractivity contribution in [1.29, 1.82) is 0 Å². The van der Waals surface area contributed by atoms with Crippen LogP contribution >= 0.6 is 23.5 Å². The molecule has 0 radical (unpaired) electrons. The minimum atomic E-state index is -4.78. The van der Waals surface area contributed by atoms with Crippen molar-refractivity contribution < 1.29 is 40.5 Å². The summed E-state index contributed by atoms with van der Waals surface area (Å²) >= 11 is 7.55. The highest BCUT2D eigenvalue weighted by Crippen LogP contribution is 2.43. The number of pyridine rings is 1. The molecule has 0 aliphatic carbocycles. The number of alkyl halides is 3. The van der Waals surface area contributed by atoms with E-state index in [0.29, 0.717) is 30.1 Å². The fourth-order valence-electron chi connectivity index (χ4n) is 5.58. The second kappa shape index (κ2) is 19.1. The molecule has 0 saturated carbocycles. The second-order valence-corrected chi connectivity index (χ2v) is 15.9. The zero-order chi connectivity index (χ0) is 40.5. The van der Waals surface area contributed by atoms with E-state index in [4.69, 9.17) is 22.1 Å². The average Bonchev–Trinajstić information content (AvgIpc) is 3.46. The molecule has 4 aromatic rings. The van der Waals surface area contributed by atoms with Gasteiger partial charge in [0.05, 0.1) is 34.3 Å². The summed E-state index contributed by atoms with van der Waals surface area (Å²) in [5, 5.41) is 6.83. The molecule has 0 aliphatic heterocycles. The summed E-state index contributed by atoms with van der Waals surface area (Å²) < 4.78 is 89.6. The number of amides is 2. The summed E-state index contributed by atoms with van der Waals surface area (Å²) in [6.07, 6.45) is 0.490. The predicted octanol–water partition coefficient (Wildman–Crippen LogP) is 7.87. The Balaban J connectivity index is 1.97. The molecule has 4 rings (SSSR count). The van der Waals surface area contributed by atoms with Gasteiger partial charge in [0.25, 0.3) is 0 Å². The van der Waals surface area contributed by atoms with Gasteiger partial charge in [-0.05, 0) is 93.4 Å². The van der Waals surface area contributed by atoms with Crippen LogP contribution in [0.4, 0.5) is 32.6 Å². The minimum Gasteiger partial charge on any atom is -0.449 e. The second-order valence-electron chi connectivity index (χ2n) is 12.9. The van der Waals surface area contributed by atoms with Crippen LogP contribution in [0.1, 0.15) is 62.5 Å². The van der Waals surface area contributed by atoms with Gasteiger partial charge >= 0.3 is 12.3 Å². The van der Waals surface area contributed by atoms with Gasteiger partial charge in [0.15, 0.2) is 5.82 Å². The third-order valence-electron chi connectivity index (χ3n) is 8.40. The molecule has 2 amide bonds. The van der Waals surface area contributed by atoms with Crippen molar-refractivity contribution in [2.45, 2.75) is 69.5 Å². The van der Waals surface area contributed by atoms with Crippen LogP contribution in [0.3, 0.4) is 0 Å². The number of ether oxygens (including phenoxy) is 1. The summed E-state index contributed by atoms with van der Waals surface area (Å²) in [4.78, 5) is 30.0. The number of nitrogens with one attached hydrogen (secondary N) is 1. The summed E-state index contributed by atoms with van der Waals surface area (Å²) in [7, 11) is -1.36. The number of carbonyl (C=O) groups excluding carboxylic acids is 2. The number of aromatic nitrogens is 3. The van der Waals surface area contributed by atoms with Gasteiger partial charge in [-0.3, -0.25) is 13.7 Å². The van der Waals surface area contributed by atoms with E-state index in [9.17, 15) is 35.8 Å². The maximum absolute atomic E-state index is 14.3. The SMILES string of the molecule is CSN(C(=O)OCCCCCCN)c1nn(CC(F)(F)F)c2c(-c3ccc(C#CC(C)(C)S(C)=O)nc3C(Cc3cc(F)cc(F)c3)NC=O)ccc(Cl)c12. The number of hydrogen-bond acceptors (Lipinski definition) is 8. The molecule has 3 N–H and O–H groups in total. The van der Waals surface area contributed by atoms with E-state index < -0.39 is 52.0 Å². The summed E-state index contributed by atoms with van der Waals surface area (Å²) in [5.41, 5.74) is 6.08. The lowest BCUT2D eigenvalue weighted by atomic mass is 9.94. The molecule has 0 saturated heterocycles. The van der Waals surface area contributed by atoms with Crippen molar-refractivity contribution in [2.24, 2.45) is 5.73 Å². The molecule has 10 nitrogen and oxygen atoms in total. The molecule has 2 unspecified atom stereocenters. The number of nitrogens with two attached hydrogens (primary N) is 1. The van der Waals surface area contributed by atoms with Crippen molar-refractivity contribution >= 4 is 63.6 Å². The molecule has 2 aromatic heterocycles. The molecular weight excluding hydrogens is 787 g/mol. The van der Waals surface area contributed by atoms with Gasteiger partial charge in [-0.15, -0.1) is 0 Å². The van der Waals surface area contributed by atoms with Gasteiger partial charge in [0.2, 0.25) is 6.41 Å². The van der Waals surface area contributed by atoms with E-state index in [1.165, 1.54) is 36.8 Å². The molecule has 2 heterocycles. The van der Waals surface area contributed by atoms with Crippen molar-refractivity contribution in [1.82, 2.24) is 20.1 Å². The van der Waals surface area contributed by atoms with E-state index in [-0.39, 0.29) is 62.8 Å². The molecule has 296 valence electrons. The molecule has 2 aromatic carbocycles. The number of carbonyl (C=O) groups is 2. The molecule has 18 heteroatoms. The van der Waals surface area contributed by atoms with Crippen molar-refractivity contribution in [3.63, 3.8) is 0 Å². The number of fused-ring (bicyclic) bond motifs is 1. The summed E-state index contributed by atoms with van der Waals surface area (Å²) in [6, 6.07) is 7.61. The predicted molar refractivity (Wildman–Crippen MR) is 206 cm³/mol. The Morgan fingerprint density at radius 2 is 1.78 bits per heavy atom. The van der Waals surface area contributed by atoms with Gasteiger partial charge in [0, 0.05) is 40.5 Å². The molecule has 0 fully saturated rings. The Morgan fingerprint density at radius 1 is 1.11 bits per heavy atom. The number of unbranched alkanes of at least 4 members (excludes halogenated alkanes) is 3. The highest BCUT2D eigenvalue weighted by Gasteiger charge is 2.34. The number of halogens is 6. The maximum atomic E-state index is 14.3. The quantitative estimate of drug-likeness (QED) is 0.0384. The standard InChI is InChI=1S/C37H40ClF5N6O4S2/c1-36(2,55(4)52)14-13-26-9-10-27(32(46-26)30(45-22-50)19-23-17-24(39)20-25(40)18-23)28-11-12-29(38)31-33(28)48(21-37(41,42)43)47-34(31)49(54-3)35(51)53-16-8-6-5-7-15-44/h9-12,17-18,20,22,30H,5-8,15-16,19,21,44H2,1-4H3,(H,45,50). The molecule has 0 aliphatic rings. The van der Waals surface area contributed by atoms with Gasteiger partial charge in [-0.2, -0.15) is 22.6 Å². The Morgan fingerprint density at radius 3 is 2.40 bits per heavy atom. The minimum absolute atomic E-state index is 0.00764. The van der Waals surface area contributed by atoms with Crippen LogP contribution in [0, 0.1) is 23.5 Å². The van der Waals surface area contributed by atoms with Crippen LogP contribution in [0.25, 0.3) is 22.0 Å². The topological polar surface area (TPSA) is 132 Å². The van der Waals surface area contributed by atoms with E-state index in [2.05, 4.69) is 27.2 Å². The fraction of sp³-hybridized carbons (Fsp3) is 0.405. The van der Waals surface area contributed by atoms with Gasteiger partial charge in [0.1, 0.15) is 28.6 Å². The average molecular weight is 827 g/mol. The van der Waals surface area contributed by atoms with E-state index in [1.54, 1.807) is 13.8 Å². The normalized spacial score (nSPS) is 12.9. The first kappa shape index (κ1) is 43.5. The number of benzene rings is 2. The highest BCUT2D eigenvalue weighted by molar-refractivity contribution is 8.00. The van der Waals surface area contributed by atoms with Crippen molar-refractivity contribution in [3.8, 4) is 23.0 Å². The fourth-order valence-corrected chi connectivity index (χ4v) is 6.51. The molecule has 0 spiro atoms.